The van der Waals surface area contributed by atoms with Crippen LogP contribution in [0.1, 0.15) is 30.2 Å². The number of nitrogens with zero attached hydrogens (tertiary/aromatic N) is 6. The van der Waals surface area contributed by atoms with E-state index in [-0.39, 0.29) is 5.91 Å². The molecule has 0 unspecified atom stereocenters. The van der Waals surface area contributed by atoms with Crippen molar-refractivity contribution in [3.63, 3.8) is 0 Å². The first-order valence-corrected chi connectivity index (χ1v) is 8.26. The topological polar surface area (TPSA) is 66.6 Å². The van der Waals surface area contributed by atoms with Gasteiger partial charge in [-0.05, 0) is 32.4 Å². The van der Waals surface area contributed by atoms with Crippen molar-refractivity contribution in [2.45, 2.75) is 33.6 Å². The zero-order chi connectivity index (χ0) is 16.4. The zero-order valence-electron chi connectivity index (χ0n) is 14.1. The number of piperazine rings is 1. The summed E-state index contributed by atoms with van der Waals surface area (Å²) in [6.07, 6.45) is 2.85. The molecule has 1 amide bonds. The maximum Gasteiger partial charge on any atom is 0.222 e. The molecule has 7 nitrogen and oxygen atoms in total. The summed E-state index contributed by atoms with van der Waals surface area (Å²) in [6.45, 7) is 10.9. The monoisotopic (exact) mass is 316 g/mol. The van der Waals surface area contributed by atoms with Gasteiger partial charge in [-0.3, -0.25) is 4.79 Å². The number of carbonyl (C=O) groups excluding carboxylic acids is 1. The Balaban J connectivity index is 1.65. The minimum atomic E-state index is 0.237. The first-order valence-electron chi connectivity index (χ1n) is 8.26. The number of carbonyl (C=O) groups is 1. The number of rotatable bonds is 4. The Morgan fingerprint density at radius 2 is 1.96 bits per heavy atom. The number of aromatic nitrogens is 4. The summed E-state index contributed by atoms with van der Waals surface area (Å²) in [4.78, 5) is 16.8. The maximum atomic E-state index is 12.5. The van der Waals surface area contributed by atoms with Crippen LogP contribution >= 0.6 is 0 Å². The molecule has 3 heterocycles. The maximum absolute atomic E-state index is 12.5. The summed E-state index contributed by atoms with van der Waals surface area (Å²) in [5.41, 5.74) is 3.90. The van der Waals surface area contributed by atoms with Gasteiger partial charge < -0.3 is 9.80 Å². The summed E-state index contributed by atoms with van der Waals surface area (Å²) in [5.74, 6) is 0.237. The highest BCUT2D eigenvalue weighted by Crippen LogP contribution is 2.18. The molecule has 1 aliphatic rings. The molecule has 2 aromatic heterocycles. The van der Waals surface area contributed by atoms with Gasteiger partial charge in [0.2, 0.25) is 5.91 Å². The van der Waals surface area contributed by atoms with Gasteiger partial charge in [-0.15, -0.1) is 10.2 Å². The van der Waals surface area contributed by atoms with Crippen molar-refractivity contribution in [1.29, 1.82) is 0 Å². The second-order valence-corrected chi connectivity index (χ2v) is 6.10. The van der Waals surface area contributed by atoms with E-state index in [9.17, 15) is 4.79 Å². The van der Waals surface area contributed by atoms with Gasteiger partial charge in [0.25, 0.3) is 0 Å². The Bertz CT molecular complexity index is 702. The quantitative estimate of drug-likeness (QED) is 0.836. The van der Waals surface area contributed by atoms with Crippen LogP contribution in [-0.2, 0) is 11.2 Å². The lowest BCUT2D eigenvalue weighted by molar-refractivity contribution is -0.132. The van der Waals surface area contributed by atoms with Gasteiger partial charge >= 0.3 is 0 Å². The van der Waals surface area contributed by atoms with Crippen LogP contribution < -0.4 is 0 Å². The molecule has 3 rings (SSSR count). The highest BCUT2D eigenvalue weighted by molar-refractivity contribution is 5.76. The average molecular weight is 316 g/mol. The standard InChI is InChI=1S/C16H24N6O/c1-4-20-7-9-21(10-8-20)15(23)6-5-14-12(2)16-18-17-11-22(16)19-13(14)3/h11H,4-10H2,1-3H3. The molecule has 0 aliphatic carbocycles. The van der Waals surface area contributed by atoms with Crippen LogP contribution in [0, 0.1) is 13.8 Å². The molecule has 2 aromatic rings. The molecule has 1 saturated heterocycles. The summed E-state index contributed by atoms with van der Waals surface area (Å²) < 4.78 is 1.69. The lowest BCUT2D eigenvalue weighted by Crippen LogP contribution is -2.48. The normalized spacial score (nSPS) is 16.2. The van der Waals surface area contributed by atoms with E-state index >= 15 is 0 Å². The van der Waals surface area contributed by atoms with Crippen molar-refractivity contribution in [2.24, 2.45) is 0 Å². The first kappa shape index (κ1) is 15.9. The second kappa shape index (κ2) is 6.62. The molecule has 1 fully saturated rings. The molecule has 0 bridgehead atoms. The highest BCUT2D eigenvalue weighted by Gasteiger charge is 2.20. The third-order valence-electron chi connectivity index (χ3n) is 4.77. The predicted octanol–water partition coefficient (Wildman–Crippen LogP) is 0.838. The molecule has 1 aliphatic heterocycles. The van der Waals surface area contributed by atoms with E-state index in [0.717, 1.165) is 55.2 Å². The zero-order valence-corrected chi connectivity index (χ0v) is 14.1. The Labute approximate surface area is 136 Å². The summed E-state index contributed by atoms with van der Waals surface area (Å²) >= 11 is 0. The molecular formula is C16H24N6O. The van der Waals surface area contributed by atoms with E-state index in [2.05, 4.69) is 27.1 Å². The number of hydrogen-bond donors (Lipinski definition) is 0. The average Bonchev–Trinajstić information content (AvgIpc) is 3.03. The van der Waals surface area contributed by atoms with E-state index in [1.165, 1.54) is 0 Å². The van der Waals surface area contributed by atoms with Crippen molar-refractivity contribution in [2.75, 3.05) is 32.7 Å². The lowest BCUT2D eigenvalue weighted by atomic mass is 10.0. The Morgan fingerprint density at radius 1 is 1.22 bits per heavy atom. The van der Waals surface area contributed by atoms with Crippen LogP contribution in [0.2, 0.25) is 0 Å². The number of hydrogen-bond acceptors (Lipinski definition) is 5. The minimum Gasteiger partial charge on any atom is -0.340 e. The van der Waals surface area contributed by atoms with Crippen LogP contribution in [0.15, 0.2) is 6.33 Å². The van der Waals surface area contributed by atoms with Gasteiger partial charge in [-0.1, -0.05) is 6.92 Å². The number of likely N-dealkylation sites (N-methyl/N-ethyl adjacent to an activating group) is 1. The minimum absolute atomic E-state index is 0.237. The molecule has 124 valence electrons. The molecule has 0 spiro atoms. The van der Waals surface area contributed by atoms with E-state index in [1.54, 1.807) is 10.8 Å². The Hall–Kier alpha value is -2.02. The van der Waals surface area contributed by atoms with Gasteiger partial charge in [0.15, 0.2) is 5.65 Å². The fourth-order valence-corrected chi connectivity index (χ4v) is 3.25. The largest absolute Gasteiger partial charge is 0.340 e. The summed E-state index contributed by atoms with van der Waals surface area (Å²) in [5, 5.41) is 12.5. The smallest absolute Gasteiger partial charge is 0.222 e. The van der Waals surface area contributed by atoms with Crippen LogP contribution in [0.4, 0.5) is 0 Å². The summed E-state index contributed by atoms with van der Waals surface area (Å²) in [6, 6.07) is 0. The lowest BCUT2D eigenvalue weighted by Gasteiger charge is -2.34. The Kier molecular flexibility index (Phi) is 4.56. The molecule has 23 heavy (non-hydrogen) atoms. The van der Waals surface area contributed by atoms with Crippen molar-refractivity contribution in [3.05, 3.63) is 23.1 Å². The number of fused-ring (bicyclic) bond motifs is 1. The molecule has 0 saturated carbocycles. The van der Waals surface area contributed by atoms with Gasteiger partial charge in [0, 0.05) is 38.2 Å². The number of amides is 1. The molecular weight excluding hydrogens is 292 g/mol. The van der Waals surface area contributed by atoms with E-state index in [0.29, 0.717) is 12.8 Å². The van der Waals surface area contributed by atoms with Gasteiger partial charge in [-0.2, -0.15) is 5.10 Å². The second-order valence-electron chi connectivity index (χ2n) is 6.10. The van der Waals surface area contributed by atoms with Crippen LogP contribution in [-0.4, -0.2) is 68.2 Å². The van der Waals surface area contributed by atoms with Gasteiger partial charge in [-0.25, -0.2) is 4.52 Å². The van der Waals surface area contributed by atoms with Crippen LogP contribution in [0.5, 0.6) is 0 Å². The first-order chi connectivity index (χ1) is 11.1. The fraction of sp³-hybridized carbons (Fsp3) is 0.625. The van der Waals surface area contributed by atoms with Gasteiger partial charge in [0.05, 0.1) is 5.69 Å². The van der Waals surface area contributed by atoms with Crippen molar-refractivity contribution < 1.29 is 4.79 Å². The number of aryl methyl sites for hydroxylation is 2. The molecule has 0 radical (unpaired) electrons. The van der Waals surface area contributed by atoms with Crippen LogP contribution in [0.25, 0.3) is 5.65 Å². The summed E-state index contributed by atoms with van der Waals surface area (Å²) in [7, 11) is 0. The van der Waals surface area contributed by atoms with Crippen molar-refractivity contribution in [3.8, 4) is 0 Å². The van der Waals surface area contributed by atoms with E-state index < -0.39 is 0 Å². The Morgan fingerprint density at radius 3 is 2.65 bits per heavy atom. The SMILES string of the molecule is CCN1CCN(C(=O)CCc2c(C)nn3cnnc3c2C)CC1. The highest BCUT2D eigenvalue weighted by atomic mass is 16.2. The molecule has 0 aromatic carbocycles. The van der Waals surface area contributed by atoms with Crippen molar-refractivity contribution >= 4 is 11.6 Å². The van der Waals surface area contributed by atoms with E-state index in [4.69, 9.17) is 0 Å². The van der Waals surface area contributed by atoms with Crippen LogP contribution in [0.3, 0.4) is 0 Å². The third-order valence-corrected chi connectivity index (χ3v) is 4.77. The van der Waals surface area contributed by atoms with Gasteiger partial charge in [0.1, 0.15) is 6.33 Å². The molecule has 7 heteroatoms. The predicted molar refractivity (Wildman–Crippen MR) is 87.3 cm³/mol. The fourth-order valence-electron chi connectivity index (χ4n) is 3.25. The van der Waals surface area contributed by atoms with E-state index in [1.807, 2.05) is 18.7 Å². The van der Waals surface area contributed by atoms with Crippen molar-refractivity contribution in [1.82, 2.24) is 29.6 Å². The third kappa shape index (κ3) is 3.19. The molecule has 0 atom stereocenters. The molecule has 0 N–H and O–H groups in total.